The van der Waals surface area contributed by atoms with E-state index in [4.69, 9.17) is 0 Å². The van der Waals surface area contributed by atoms with E-state index in [1.54, 1.807) is 0 Å². The van der Waals surface area contributed by atoms with Gasteiger partial charge in [0, 0.05) is 17.3 Å². The molecule has 0 radical (unpaired) electrons. The summed E-state index contributed by atoms with van der Waals surface area (Å²) in [6.07, 6.45) is 3.44. The van der Waals surface area contributed by atoms with Crippen LogP contribution in [0.15, 0.2) is 42.5 Å². The largest absolute Gasteiger partial charge is 0.508 e. The summed E-state index contributed by atoms with van der Waals surface area (Å²) in [5.74, 6) is 0.453. The van der Waals surface area contributed by atoms with Gasteiger partial charge in [-0.15, -0.1) is 0 Å². The summed E-state index contributed by atoms with van der Waals surface area (Å²) in [7, 11) is 1.20. The lowest BCUT2D eigenvalue weighted by atomic mass is 9.93. The third-order valence-corrected chi connectivity index (χ3v) is 9.15. The number of phenols is 1. The van der Waals surface area contributed by atoms with Gasteiger partial charge in [0.2, 0.25) is 0 Å². The fraction of sp³-hybridized carbons (Fsp3) is 0.478. The molecule has 0 saturated carbocycles. The fourth-order valence-corrected chi connectivity index (χ4v) is 6.43. The molecule has 2 atom stereocenters. The highest BCUT2D eigenvalue weighted by atomic mass is 31.1. The van der Waals surface area contributed by atoms with E-state index in [1.165, 1.54) is 28.9 Å². The number of benzene rings is 2. The Labute approximate surface area is 168 Å². The fourth-order valence-electron chi connectivity index (χ4n) is 3.52. The number of hydrogen-bond acceptors (Lipinski definition) is 2. The van der Waals surface area contributed by atoms with Crippen LogP contribution in [0, 0.1) is 0 Å². The van der Waals surface area contributed by atoms with Crippen LogP contribution in [0.25, 0.3) is 0 Å². The summed E-state index contributed by atoms with van der Waals surface area (Å²) in [4.78, 5) is 0. The summed E-state index contributed by atoms with van der Waals surface area (Å²) < 4.78 is 0. The van der Waals surface area contributed by atoms with Crippen LogP contribution in [0.4, 0.5) is 0 Å². The molecule has 0 heterocycles. The molecule has 0 spiro atoms. The van der Waals surface area contributed by atoms with Gasteiger partial charge in [-0.25, -0.2) is 0 Å². The Morgan fingerprint density at radius 2 is 1.81 bits per heavy atom. The van der Waals surface area contributed by atoms with E-state index in [-0.39, 0.29) is 5.16 Å². The molecule has 2 unspecified atom stereocenters. The Bertz CT molecular complexity index is 756. The van der Waals surface area contributed by atoms with E-state index < -0.39 is 8.07 Å². The third kappa shape index (κ3) is 5.67. The van der Waals surface area contributed by atoms with E-state index in [0.29, 0.717) is 14.3 Å². The molecule has 27 heavy (non-hydrogen) atoms. The Morgan fingerprint density at radius 3 is 2.44 bits per heavy atom. The Hall–Kier alpha value is -1.15. The van der Waals surface area contributed by atoms with Crippen LogP contribution in [0.3, 0.4) is 0 Å². The second-order valence-corrected chi connectivity index (χ2v) is 15.7. The van der Waals surface area contributed by atoms with E-state index in [2.05, 4.69) is 75.2 Å². The molecule has 0 aliphatic carbocycles. The first-order chi connectivity index (χ1) is 12.7. The van der Waals surface area contributed by atoms with Crippen LogP contribution in [0.2, 0.25) is 19.6 Å². The average molecular weight is 402 g/mol. The third-order valence-electron chi connectivity index (χ3n) is 5.28. The maximum atomic E-state index is 10.8. The predicted octanol–water partition coefficient (Wildman–Crippen LogP) is 5.07. The first kappa shape index (κ1) is 22.1. The summed E-state index contributed by atoms with van der Waals surface area (Å²) in [6, 6.07) is 15.1. The predicted molar refractivity (Wildman–Crippen MR) is 125 cm³/mol. The minimum Gasteiger partial charge on any atom is -0.508 e. The van der Waals surface area contributed by atoms with E-state index >= 15 is 0 Å². The molecule has 2 nitrogen and oxygen atoms in total. The minimum atomic E-state index is -1.43. The lowest BCUT2D eigenvalue weighted by molar-refractivity contribution is 0.452. The molecule has 0 bridgehead atoms. The van der Waals surface area contributed by atoms with Crippen LogP contribution in [0.1, 0.15) is 44.2 Å². The van der Waals surface area contributed by atoms with Crippen molar-refractivity contribution in [2.45, 2.75) is 64.5 Å². The molecule has 2 N–H and O–H groups in total. The molecule has 0 aromatic heterocycles. The van der Waals surface area contributed by atoms with Crippen molar-refractivity contribution >= 4 is 27.1 Å². The van der Waals surface area contributed by atoms with Crippen molar-refractivity contribution in [2.75, 3.05) is 7.05 Å². The van der Waals surface area contributed by atoms with Gasteiger partial charge in [0.05, 0.1) is 8.07 Å². The van der Waals surface area contributed by atoms with Gasteiger partial charge in [0.1, 0.15) is 5.75 Å². The maximum absolute atomic E-state index is 10.8. The second-order valence-electron chi connectivity index (χ2n) is 8.73. The Balaban J connectivity index is 2.51. The van der Waals surface area contributed by atoms with E-state index in [9.17, 15) is 5.11 Å². The smallest absolute Gasteiger partial charge is 0.119 e. The molecule has 148 valence electrons. The number of rotatable bonds is 9. The molecule has 2 rings (SSSR count). The molecule has 4 heteroatoms. The van der Waals surface area contributed by atoms with Gasteiger partial charge in [0.15, 0.2) is 0 Å². The normalized spacial score (nSPS) is 14.6. The molecule has 0 fully saturated rings. The van der Waals surface area contributed by atoms with Crippen molar-refractivity contribution in [3.05, 3.63) is 53.6 Å². The van der Waals surface area contributed by atoms with E-state index in [1.807, 2.05) is 13.1 Å². The summed E-state index contributed by atoms with van der Waals surface area (Å²) in [6.45, 7) is 12.6. The zero-order chi connectivity index (χ0) is 20.1. The van der Waals surface area contributed by atoms with Crippen LogP contribution >= 0.6 is 8.58 Å². The van der Waals surface area contributed by atoms with Crippen molar-refractivity contribution in [1.29, 1.82) is 0 Å². The van der Waals surface area contributed by atoms with Gasteiger partial charge in [-0.1, -0.05) is 96.5 Å². The quantitative estimate of drug-likeness (QED) is 0.454. The summed E-state index contributed by atoms with van der Waals surface area (Å²) in [5.41, 5.74) is 2.50. The average Bonchev–Trinajstić information content (AvgIpc) is 2.61. The number of hydrogen-bond donors (Lipinski definition) is 2. The van der Waals surface area contributed by atoms with Gasteiger partial charge in [-0.3, -0.25) is 0 Å². The summed E-state index contributed by atoms with van der Waals surface area (Å²) in [5, 5.41) is 16.9. The van der Waals surface area contributed by atoms with Crippen LogP contribution in [0.5, 0.6) is 5.75 Å². The first-order valence-corrected chi connectivity index (χ1v) is 14.6. The molecular weight excluding hydrogens is 365 g/mol. The summed E-state index contributed by atoms with van der Waals surface area (Å²) >= 11 is 0. The number of nitrogens with one attached hydrogen (secondary N) is 1. The van der Waals surface area contributed by atoms with Crippen molar-refractivity contribution in [2.24, 2.45) is 0 Å². The van der Waals surface area contributed by atoms with Crippen LogP contribution < -0.4 is 15.8 Å². The number of aromatic hydroxyl groups is 1. The Morgan fingerprint density at radius 1 is 1.11 bits per heavy atom. The van der Waals surface area contributed by atoms with Crippen molar-refractivity contribution in [1.82, 2.24) is 5.32 Å². The first-order valence-electron chi connectivity index (χ1n) is 10.1. The van der Waals surface area contributed by atoms with Crippen LogP contribution in [-0.4, -0.2) is 20.2 Å². The van der Waals surface area contributed by atoms with Gasteiger partial charge in [0.25, 0.3) is 0 Å². The molecular formula is C23H36NOPSi. The molecule has 0 aliphatic rings. The van der Waals surface area contributed by atoms with E-state index in [0.717, 1.165) is 18.5 Å². The zero-order valence-corrected chi connectivity index (χ0v) is 19.8. The maximum Gasteiger partial charge on any atom is 0.119 e. The molecule has 2 aromatic rings. The highest BCUT2D eigenvalue weighted by Gasteiger charge is 2.31. The lowest BCUT2D eigenvalue weighted by Gasteiger charge is -2.33. The standard InChI is InChI=1S/C23H36NOPSi/c1-7-8-15-23(2,26-22-12-10-9-11-18(22)17-24-3)20-16-19(27(4,5)6)13-14-21(20)25/h9-14,16,24-26H,7-8,15,17H2,1-6H3. The molecule has 0 aliphatic heterocycles. The van der Waals surface area contributed by atoms with Crippen molar-refractivity contribution < 1.29 is 5.11 Å². The van der Waals surface area contributed by atoms with Gasteiger partial charge in [-0.05, 0) is 30.4 Å². The topological polar surface area (TPSA) is 32.3 Å². The molecule has 0 amide bonds. The van der Waals surface area contributed by atoms with Crippen molar-refractivity contribution in [3.8, 4) is 5.75 Å². The van der Waals surface area contributed by atoms with Gasteiger partial charge >= 0.3 is 0 Å². The Kier molecular flexibility index (Phi) is 7.68. The SMILES string of the molecule is CCCCC(C)(Pc1ccccc1CNC)c1cc([Si](C)(C)C)ccc1O. The highest BCUT2D eigenvalue weighted by molar-refractivity contribution is 7.48. The highest BCUT2D eigenvalue weighted by Crippen LogP contribution is 2.48. The molecule has 0 saturated heterocycles. The number of phenolic OH excluding ortho intramolecular Hbond substituents is 1. The van der Waals surface area contributed by atoms with Crippen molar-refractivity contribution in [3.63, 3.8) is 0 Å². The number of unbranched alkanes of at least 4 members (excludes halogenated alkanes) is 1. The molecule has 2 aromatic carbocycles. The van der Waals surface area contributed by atoms with Gasteiger partial charge < -0.3 is 10.4 Å². The lowest BCUT2D eigenvalue weighted by Crippen LogP contribution is -2.38. The zero-order valence-electron chi connectivity index (χ0n) is 17.8. The second kappa shape index (κ2) is 9.36. The minimum absolute atomic E-state index is 0.0421. The monoisotopic (exact) mass is 401 g/mol. The van der Waals surface area contributed by atoms with Gasteiger partial charge in [-0.2, -0.15) is 0 Å². The van der Waals surface area contributed by atoms with Crippen LogP contribution in [-0.2, 0) is 11.7 Å².